The van der Waals surface area contributed by atoms with E-state index in [2.05, 4.69) is 10.2 Å². The van der Waals surface area contributed by atoms with Crippen molar-refractivity contribution in [3.05, 3.63) is 34.6 Å². The highest BCUT2D eigenvalue weighted by Gasteiger charge is 2.14. The van der Waals surface area contributed by atoms with Gasteiger partial charge in [0.05, 0.1) is 0 Å². The Morgan fingerprint density at radius 2 is 2.24 bits per heavy atom. The lowest BCUT2D eigenvalue weighted by atomic mass is 10.2. The number of ether oxygens (including phenoxy) is 1. The molecule has 0 saturated heterocycles. The Labute approximate surface area is 99.5 Å². The average Bonchev–Trinajstić information content (AvgIpc) is 2.66. The topological polar surface area (TPSA) is 72.3 Å². The molecule has 0 aliphatic carbocycles. The molecule has 0 atom stereocenters. The van der Waals surface area contributed by atoms with Gasteiger partial charge in [-0.3, -0.25) is 0 Å². The number of aromatic carboxylic acids is 1. The van der Waals surface area contributed by atoms with Gasteiger partial charge in [-0.1, -0.05) is 16.4 Å². The first-order valence-corrected chi connectivity index (χ1v) is 5.38. The fourth-order valence-electron chi connectivity index (χ4n) is 1.17. The first-order valence-electron chi connectivity index (χ1n) is 4.57. The van der Waals surface area contributed by atoms with Crippen LogP contribution in [0.25, 0.3) is 0 Å². The molecule has 0 saturated carbocycles. The second-order valence-electron chi connectivity index (χ2n) is 3.13. The van der Waals surface area contributed by atoms with Gasteiger partial charge in [-0.05, 0) is 25.1 Å². The number of rotatable bonds is 3. The largest absolute Gasteiger partial charge is 0.478 e. The number of carboxylic acids is 1. The number of halogens is 1. The van der Waals surface area contributed by atoms with Crippen LogP contribution in [0.15, 0.2) is 18.2 Å². The van der Waals surface area contributed by atoms with Crippen molar-refractivity contribution in [2.24, 2.45) is 0 Å². The third kappa shape index (κ3) is 2.56. The van der Waals surface area contributed by atoms with Crippen LogP contribution in [-0.2, 0) is 0 Å². The number of hydrogen-bond donors (Lipinski definition) is 1. The van der Waals surface area contributed by atoms with Crippen LogP contribution >= 0.6 is 11.3 Å². The van der Waals surface area contributed by atoms with Crippen molar-refractivity contribution in [2.45, 2.75) is 6.92 Å². The van der Waals surface area contributed by atoms with E-state index in [9.17, 15) is 9.18 Å². The second kappa shape index (κ2) is 4.46. The molecular formula is C10H7FN2O3S. The summed E-state index contributed by atoms with van der Waals surface area (Å²) in [4.78, 5) is 10.9. The number of aryl methyl sites for hydroxylation is 1. The van der Waals surface area contributed by atoms with Crippen LogP contribution in [0.4, 0.5) is 4.39 Å². The fourth-order valence-corrected chi connectivity index (χ4v) is 1.72. The predicted molar refractivity (Wildman–Crippen MR) is 58.1 cm³/mol. The quantitative estimate of drug-likeness (QED) is 0.910. The molecule has 1 N–H and O–H groups in total. The molecule has 0 fully saturated rings. The van der Waals surface area contributed by atoms with Crippen molar-refractivity contribution in [3.63, 3.8) is 0 Å². The molecule has 7 heteroatoms. The van der Waals surface area contributed by atoms with Gasteiger partial charge in [0.25, 0.3) is 5.19 Å². The van der Waals surface area contributed by atoms with Gasteiger partial charge in [0, 0.05) is 0 Å². The van der Waals surface area contributed by atoms with Crippen molar-refractivity contribution in [1.82, 2.24) is 10.2 Å². The van der Waals surface area contributed by atoms with E-state index in [1.165, 1.54) is 17.4 Å². The van der Waals surface area contributed by atoms with E-state index in [0.717, 1.165) is 12.1 Å². The van der Waals surface area contributed by atoms with Gasteiger partial charge in [0.15, 0.2) is 0 Å². The van der Waals surface area contributed by atoms with Crippen molar-refractivity contribution < 1.29 is 19.0 Å². The number of nitrogens with zero attached hydrogens (tertiary/aromatic N) is 2. The molecule has 0 spiro atoms. The molecule has 17 heavy (non-hydrogen) atoms. The number of carbonyl (C=O) groups is 1. The Morgan fingerprint density at radius 1 is 1.47 bits per heavy atom. The van der Waals surface area contributed by atoms with Crippen LogP contribution in [0.3, 0.4) is 0 Å². The summed E-state index contributed by atoms with van der Waals surface area (Å²) in [5, 5.41) is 17.2. The van der Waals surface area contributed by atoms with E-state index in [1.807, 2.05) is 0 Å². The molecule has 1 heterocycles. The van der Waals surface area contributed by atoms with Gasteiger partial charge >= 0.3 is 5.97 Å². The number of hydrogen-bond acceptors (Lipinski definition) is 5. The highest BCUT2D eigenvalue weighted by Crippen LogP contribution is 2.28. The molecule has 88 valence electrons. The van der Waals surface area contributed by atoms with E-state index < -0.39 is 11.8 Å². The Kier molecular flexibility index (Phi) is 3.01. The monoisotopic (exact) mass is 254 g/mol. The maximum absolute atomic E-state index is 12.9. The minimum atomic E-state index is -1.26. The van der Waals surface area contributed by atoms with Crippen LogP contribution < -0.4 is 4.74 Å². The Bertz CT molecular complexity index is 570. The fraction of sp³-hybridized carbons (Fsp3) is 0.100. The van der Waals surface area contributed by atoms with Gasteiger partial charge in [0.1, 0.15) is 22.1 Å². The predicted octanol–water partition coefficient (Wildman–Crippen LogP) is 2.48. The van der Waals surface area contributed by atoms with Crippen molar-refractivity contribution in [1.29, 1.82) is 0 Å². The van der Waals surface area contributed by atoms with Crippen LogP contribution in [0.1, 0.15) is 15.4 Å². The maximum atomic E-state index is 12.9. The smallest absolute Gasteiger partial charge is 0.339 e. The van der Waals surface area contributed by atoms with Crippen molar-refractivity contribution >= 4 is 17.3 Å². The number of carboxylic acid groups (broad SMARTS) is 1. The summed E-state index contributed by atoms with van der Waals surface area (Å²) in [6.07, 6.45) is 0. The summed E-state index contributed by atoms with van der Waals surface area (Å²) in [6, 6.07) is 3.26. The molecule has 0 bridgehead atoms. The third-order valence-corrected chi connectivity index (χ3v) is 2.59. The summed E-state index contributed by atoms with van der Waals surface area (Å²) < 4.78 is 18.2. The molecule has 0 radical (unpaired) electrons. The molecule has 1 aromatic carbocycles. The van der Waals surface area contributed by atoms with Crippen LogP contribution in [-0.4, -0.2) is 21.3 Å². The Balaban J connectivity index is 2.35. The lowest BCUT2D eigenvalue weighted by Gasteiger charge is -2.04. The lowest BCUT2D eigenvalue weighted by Crippen LogP contribution is -2.00. The van der Waals surface area contributed by atoms with Crippen LogP contribution in [0.2, 0.25) is 0 Å². The van der Waals surface area contributed by atoms with Crippen LogP contribution in [0.5, 0.6) is 10.9 Å². The van der Waals surface area contributed by atoms with Crippen molar-refractivity contribution in [3.8, 4) is 10.9 Å². The van der Waals surface area contributed by atoms with Gasteiger partial charge in [-0.25, -0.2) is 9.18 Å². The van der Waals surface area contributed by atoms with Crippen LogP contribution in [0, 0.1) is 12.7 Å². The number of aromatic nitrogens is 2. The minimum absolute atomic E-state index is 0.0371. The zero-order valence-electron chi connectivity index (χ0n) is 8.68. The first kappa shape index (κ1) is 11.5. The molecule has 1 aromatic heterocycles. The molecule has 5 nitrogen and oxygen atoms in total. The highest BCUT2D eigenvalue weighted by molar-refractivity contribution is 7.13. The van der Waals surface area contributed by atoms with Gasteiger partial charge in [-0.2, -0.15) is 0 Å². The zero-order chi connectivity index (χ0) is 12.4. The molecule has 0 aliphatic heterocycles. The van der Waals surface area contributed by atoms with E-state index in [4.69, 9.17) is 9.84 Å². The lowest BCUT2D eigenvalue weighted by molar-refractivity contribution is 0.0693. The number of benzene rings is 1. The van der Waals surface area contributed by atoms with Gasteiger partial charge in [-0.15, -0.1) is 5.10 Å². The highest BCUT2D eigenvalue weighted by atomic mass is 32.1. The molecule has 0 unspecified atom stereocenters. The van der Waals surface area contributed by atoms with E-state index >= 15 is 0 Å². The SMILES string of the molecule is Cc1nnc(Oc2ccc(F)cc2C(=O)O)s1. The Hall–Kier alpha value is -2.02. The van der Waals surface area contributed by atoms with E-state index in [-0.39, 0.29) is 16.5 Å². The second-order valence-corrected chi connectivity index (χ2v) is 4.28. The normalized spacial score (nSPS) is 10.2. The molecular weight excluding hydrogens is 247 g/mol. The molecule has 0 aliphatic rings. The third-order valence-electron chi connectivity index (χ3n) is 1.88. The summed E-state index contributed by atoms with van der Waals surface area (Å²) in [5.41, 5.74) is -0.252. The van der Waals surface area contributed by atoms with E-state index in [0.29, 0.717) is 5.01 Å². The van der Waals surface area contributed by atoms with Gasteiger partial charge in [0.2, 0.25) is 0 Å². The summed E-state index contributed by atoms with van der Waals surface area (Å²) >= 11 is 1.18. The summed E-state index contributed by atoms with van der Waals surface area (Å²) in [7, 11) is 0. The molecule has 0 amide bonds. The maximum Gasteiger partial charge on any atom is 0.339 e. The summed E-state index contributed by atoms with van der Waals surface area (Å²) in [6.45, 7) is 1.74. The van der Waals surface area contributed by atoms with Crippen molar-refractivity contribution in [2.75, 3.05) is 0 Å². The van der Waals surface area contributed by atoms with Gasteiger partial charge < -0.3 is 9.84 Å². The first-order chi connectivity index (χ1) is 8.06. The Morgan fingerprint density at radius 3 is 2.82 bits per heavy atom. The molecule has 2 aromatic rings. The molecule has 2 rings (SSSR count). The standard InChI is InChI=1S/C10H7FN2O3S/c1-5-12-13-10(17-5)16-8-3-2-6(11)4-7(8)9(14)15/h2-4H,1H3,(H,14,15). The average molecular weight is 254 g/mol. The minimum Gasteiger partial charge on any atom is -0.478 e. The van der Waals surface area contributed by atoms with E-state index in [1.54, 1.807) is 6.92 Å². The zero-order valence-corrected chi connectivity index (χ0v) is 9.49. The summed E-state index contributed by atoms with van der Waals surface area (Å²) in [5.74, 6) is -1.86.